The average molecular weight is 282 g/mol. The summed E-state index contributed by atoms with van der Waals surface area (Å²) in [6, 6.07) is 4.43. The average Bonchev–Trinajstić information content (AvgIpc) is 2.43. The molecule has 0 saturated carbocycles. The minimum absolute atomic E-state index is 0.0717. The SMILES string of the molecule is CSCCC(C)N(C)c1cc(CO)cc(C(C)C)n1. The van der Waals surface area contributed by atoms with E-state index in [4.69, 9.17) is 4.98 Å². The summed E-state index contributed by atoms with van der Waals surface area (Å²) in [6.07, 6.45) is 3.27. The molecule has 0 bridgehead atoms. The van der Waals surface area contributed by atoms with E-state index in [1.165, 1.54) is 0 Å². The molecule has 1 unspecified atom stereocenters. The fourth-order valence-electron chi connectivity index (χ4n) is 1.87. The number of aliphatic hydroxyl groups excluding tert-OH is 1. The van der Waals surface area contributed by atoms with E-state index in [1.54, 1.807) is 0 Å². The molecule has 3 nitrogen and oxygen atoms in total. The maximum absolute atomic E-state index is 9.38. The van der Waals surface area contributed by atoms with E-state index in [1.807, 2.05) is 23.9 Å². The number of hydrogen-bond donors (Lipinski definition) is 1. The minimum Gasteiger partial charge on any atom is -0.392 e. The van der Waals surface area contributed by atoms with Gasteiger partial charge in [0, 0.05) is 18.8 Å². The van der Waals surface area contributed by atoms with Gasteiger partial charge >= 0.3 is 0 Å². The zero-order valence-corrected chi connectivity index (χ0v) is 13.5. The van der Waals surface area contributed by atoms with Crippen LogP contribution in [0.2, 0.25) is 0 Å². The van der Waals surface area contributed by atoms with Gasteiger partial charge in [-0.05, 0) is 49.0 Å². The van der Waals surface area contributed by atoms with Crippen LogP contribution in [0.25, 0.3) is 0 Å². The number of pyridine rings is 1. The van der Waals surface area contributed by atoms with Crippen molar-refractivity contribution in [1.29, 1.82) is 0 Å². The molecule has 0 radical (unpaired) electrons. The molecule has 0 fully saturated rings. The number of rotatable bonds is 7. The molecule has 0 aliphatic carbocycles. The standard InChI is InChI=1S/C15H26N2OS/c1-11(2)14-8-13(10-18)9-15(16-14)17(4)12(3)6-7-19-5/h8-9,11-12,18H,6-7,10H2,1-5H3. The van der Waals surface area contributed by atoms with E-state index in [0.29, 0.717) is 12.0 Å². The maximum Gasteiger partial charge on any atom is 0.129 e. The summed E-state index contributed by atoms with van der Waals surface area (Å²) >= 11 is 1.87. The van der Waals surface area contributed by atoms with Gasteiger partial charge in [0.25, 0.3) is 0 Å². The Morgan fingerprint density at radius 2 is 2.00 bits per heavy atom. The Morgan fingerprint density at radius 3 is 2.53 bits per heavy atom. The molecule has 1 aromatic rings. The van der Waals surface area contributed by atoms with Gasteiger partial charge in [0.05, 0.1) is 6.61 Å². The van der Waals surface area contributed by atoms with E-state index in [0.717, 1.165) is 29.2 Å². The Bertz CT molecular complexity index is 396. The Morgan fingerprint density at radius 1 is 1.32 bits per heavy atom. The van der Waals surface area contributed by atoms with Crippen LogP contribution in [0.4, 0.5) is 5.82 Å². The van der Waals surface area contributed by atoms with Crippen LogP contribution >= 0.6 is 11.8 Å². The van der Waals surface area contributed by atoms with E-state index in [-0.39, 0.29) is 6.61 Å². The molecule has 0 saturated heterocycles. The highest BCUT2D eigenvalue weighted by molar-refractivity contribution is 7.98. The van der Waals surface area contributed by atoms with E-state index in [2.05, 4.69) is 39.0 Å². The lowest BCUT2D eigenvalue weighted by Gasteiger charge is -2.27. The van der Waals surface area contributed by atoms with Crippen LogP contribution in [0.3, 0.4) is 0 Å². The molecule has 0 aliphatic heterocycles. The third-order valence-electron chi connectivity index (χ3n) is 3.43. The van der Waals surface area contributed by atoms with Crippen molar-refractivity contribution in [3.63, 3.8) is 0 Å². The molecule has 0 aliphatic rings. The van der Waals surface area contributed by atoms with Crippen molar-refractivity contribution in [2.75, 3.05) is 24.0 Å². The first-order chi connectivity index (χ1) is 8.99. The van der Waals surface area contributed by atoms with Gasteiger partial charge in [-0.15, -0.1) is 0 Å². The Kier molecular flexibility index (Phi) is 6.66. The van der Waals surface area contributed by atoms with Gasteiger partial charge in [-0.3, -0.25) is 0 Å². The monoisotopic (exact) mass is 282 g/mol. The molecule has 1 aromatic heterocycles. The second-order valence-electron chi connectivity index (χ2n) is 5.31. The molecular weight excluding hydrogens is 256 g/mol. The fourth-order valence-corrected chi connectivity index (χ4v) is 2.45. The fraction of sp³-hybridized carbons (Fsp3) is 0.667. The predicted octanol–water partition coefficient (Wildman–Crippen LogP) is 3.28. The van der Waals surface area contributed by atoms with Crippen molar-refractivity contribution in [3.8, 4) is 0 Å². The van der Waals surface area contributed by atoms with Crippen molar-refractivity contribution >= 4 is 17.6 Å². The van der Waals surface area contributed by atoms with Gasteiger partial charge in [-0.1, -0.05) is 13.8 Å². The zero-order valence-electron chi connectivity index (χ0n) is 12.7. The predicted molar refractivity (Wildman–Crippen MR) is 85.1 cm³/mol. The van der Waals surface area contributed by atoms with Gasteiger partial charge < -0.3 is 10.0 Å². The number of thioether (sulfide) groups is 1. The van der Waals surface area contributed by atoms with Crippen molar-refractivity contribution in [1.82, 2.24) is 4.98 Å². The molecule has 19 heavy (non-hydrogen) atoms. The molecule has 108 valence electrons. The quantitative estimate of drug-likeness (QED) is 0.832. The Labute approximate surface area is 121 Å². The number of anilines is 1. The molecule has 1 N–H and O–H groups in total. The molecule has 1 heterocycles. The van der Waals surface area contributed by atoms with Crippen molar-refractivity contribution in [3.05, 3.63) is 23.4 Å². The number of aliphatic hydroxyl groups is 1. The number of nitrogens with zero attached hydrogens (tertiary/aromatic N) is 2. The van der Waals surface area contributed by atoms with Crippen LogP contribution in [0, 0.1) is 0 Å². The third kappa shape index (κ3) is 4.69. The summed E-state index contributed by atoms with van der Waals surface area (Å²) in [5.41, 5.74) is 1.99. The largest absolute Gasteiger partial charge is 0.392 e. The number of aromatic nitrogens is 1. The first-order valence-electron chi connectivity index (χ1n) is 6.83. The van der Waals surface area contributed by atoms with Crippen molar-refractivity contribution < 1.29 is 5.11 Å². The van der Waals surface area contributed by atoms with Crippen LogP contribution in [0.5, 0.6) is 0 Å². The molecule has 0 spiro atoms. The van der Waals surface area contributed by atoms with Gasteiger partial charge in [0.2, 0.25) is 0 Å². The second kappa shape index (κ2) is 7.75. The lowest BCUT2D eigenvalue weighted by Crippen LogP contribution is -2.30. The molecular formula is C15H26N2OS. The van der Waals surface area contributed by atoms with Crippen molar-refractivity contribution in [2.24, 2.45) is 0 Å². The van der Waals surface area contributed by atoms with Crippen LogP contribution in [-0.4, -0.2) is 35.2 Å². The van der Waals surface area contributed by atoms with Gasteiger partial charge in [-0.25, -0.2) is 4.98 Å². The van der Waals surface area contributed by atoms with Crippen LogP contribution in [0.1, 0.15) is 44.4 Å². The summed E-state index contributed by atoms with van der Waals surface area (Å²) in [4.78, 5) is 6.93. The molecule has 4 heteroatoms. The molecule has 1 rings (SSSR count). The summed E-state index contributed by atoms with van der Waals surface area (Å²) in [5, 5.41) is 9.38. The smallest absolute Gasteiger partial charge is 0.129 e. The number of hydrogen-bond acceptors (Lipinski definition) is 4. The minimum atomic E-state index is 0.0717. The van der Waals surface area contributed by atoms with Crippen LogP contribution in [0.15, 0.2) is 12.1 Å². The second-order valence-corrected chi connectivity index (χ2v) is 6.30. The Hall–Kier alpha value is -0.740. The third-order valence-corrected chi connectivity index (χ3v) is 4.07. The summed E-state index contributed by atoms with van der Waals surface area (Å²) in [6.45, 7) is 6.55. The zero-order chi connectivity index (χ0) is 14.4. The van der Waals surface area contributed by atoms with Crippen LogP contribution < -0.4 is 4.90 Å². The topological polar surface area (TPSA) is 36.4 Å². The first-order valence-corrected chi connectivity index (χ1v) is 8.22. The Balaban J connectivity index is 2.94. The molecule has 0 amide bonds. The molecule has 1 atom stereocenters. The van der Waals surface area contributed by atoms with E-state index < -0.39 is 0 Å². The first kappa shape index (κ1) is 16.3. The highest BCUT2D eigenvalue weighted by atomic mass is 32.2. The van der Waals surface area contributed by atoms with Gasteiger partial charge in [0.1, 0.15) is 5.82 Å². The highest BCUT2D eigenvalue weighted by Crippen LogP contribution is 2.22. The van der Waals surface area contributed by atoms with E-state index >= 15 is 0 Å². The lowest BCUT2D eigenvalue weighted by molar-refractivity contribution is 0.281. The maximum atomic E-state index is 9.38. The summed E-state index contributed by atoms with van der Waals surface area (Å²) in [5.74, 6) is 2.49. The highest BCUT2D eigenvalue weighted by Gasteiger charge is 2.13. The summed E-state index contributed by atoms with van der Waals surface area (Å²) in [7, 11) is 2.08. The van der Waals surface area contributed by atoms with Crippen molar-refractivity contribution in [2.45, 2.75) is 45.8 Å². The lowest BCUT2D eigenvalue weighted by atomic mass is 10.1. The normalized spacial score (nSPS) is 12.8. The van der Waals surface area contributed by atoms with E-state index in [9.17, 15) is 5.11 Å². The molecule has 0 aromatic carbocycles. The summed E-state index contributed by atoms with van der Waals surface area (Å²) < 4.78 is 0. The van der Waals surface area contributed by atoms with Crippen LogP contribution in [-0.2, 0) is 6.61 Å². The van der Waals surface area contributed by atoms with Gasteiger partial charge in [-0.2, -0.15) is 11.8 Å². The van der Waals surface area contributed by atoms with Gasteiger partial charge in [0.15, 0.2) is 0 Å².